The molecule has 1 aliphatic heterocycles. The molecule has 2 amide bonds. The molecule has 6 heteroatoms. The van der Waals surface area contributed by atoms with Crippen molar-refractivity contribution in [3.05, 3.63) is 59.2 Å². The fourth-order valence-corrected chi connectivity index (χ4v) is 4.43. The number of nitrogens with zero attached hydrogens (tertiary/aromatic N) is 1. The van der Waals surface area contributed by atoms with E-state index in [0.29, 0.717) is 5.75 Å². The molecule has 4 nitrogen and oxygen atoms in total. The first-order valence-corrected chi connectivity index (χ1v) is 10.8. The van der Waals surface area contributed by atoms with Gasteiger partial charge in [-0.25, -0.2) is 0 Å². The molecular formula is C22H25ClN2O2S. The van der Waals surface area contributed by atoms with E-state index in [1.54, 1.807) is 11.8 Å². The molecule has 1 saturated heterocycles. The number of halogens is 1. The second kappa shape index (κ2) is 8.18. The minimum Gasteiger partial charge on any atom is -0.326 e. The number of thioether (sulfide) groups is 1. The van der Waals surface area contributed by atoms with Crippen molar-refractivity contribution in [2.75, 3.05) is 21.8 Å². The number of hydrogen-bond donors (Lipinski definition) is 1. The SMILES string of the molecule is Cc1cc(C)cc(N2C(=O)CS[C@@H]2c2ccc(NC(=O)C(C)(C)CCl)cc2)c1. The Morgan fingerprint density at radius 2 is 1.79 bits per heavy atom. The van der Waals surface area contributed by atoms with Gasteiger partial charge in [0.1, 0.15) is 5.37 Å². The van der Waals surface area contributed by atoms with Crippen LogP contribution >= 0.6 is 23.4 Å². The van der Waals surface area contributed by atoms with E-state index in [1.165, 1.54) is 0 Å². The van der Waals surface area contributed by atoms with Crippen molar-refractivity contribution < 1.29 is 9.59 Å². The Balaban J connectivity index is 1.82. The van der Waals surface area contributed by atoms with Gasteiger partial charge < -0.3 is 5.32 Å². The summed E-state index contributed by atoms with van der Waals surface area (Å²) in [4.78, 5) is 26.7. The fourth-order valence-electron chi connectivity index (χ4n) is 3.13. The summed E-state index contributed by atoms with van der Waals surface area (Å²) < 4.78 is 0. The van der Waals surface area contributed by atoms with Crippen molar-refractivity contribution >= 4 is 46.6 Å². The molecule has 0 spiro atoms. The van der Waals surface area contributed by atoms with Crippen LogP contribution in [0.25, 0.3) is 0 Å². The summed E-state index contributed by atoms with van der Waals surface area (Å²) in [7, 11) is 0. The second-order valence-electron chi connectivity index (χ2n) is 7.87. The number of aryl methyl sites for hydroxylation is 2. The van der Waals surface area contributed by atoms with Gasteiger partial charge in [-0.3, -0.25) is 14.5 Å². The van der Waals surface area contributed by atoms with Crippen LogP contribution < -0.4 is 10.2 Å². The predicted octanol–water partition coefficient (Wildman–Crippen LogP) is 5.29. The molecule has 0 bridgehead atoms. The Bertz CT molecular complexity index is 876. The highest BCUT2D eigenvalue weighted by Gasteiger charge is 2.34. The zero-order valence-electron chi connectivity index (χ0n) is 16.6. The molecule has 1 atom stereocenters. The lowest BCUT2D eigenvalue weighted by atomic mass is 9.95. The number of amides is 2. The van der Waals surface area contributed by atoms with Gasteiger partial charge in [-0.1, -0.05) is 18.2 Å². The third kappa shape index (κ3) is 4.36. The van der Waals surface area contributed by atoms with Gasteiger partial charge in [0.25, 0.3) is 0 Å². The van der Waals surface area contributed by atoms with Crippen molar-refractivity contribution in [1.29, 1.82) is 0 Å². The summed E-state index contributed by atoms with van der Waals surface area (Å²) in [6.45, 7) is 7.70. The molecule has 148 valence electrons. The van der Waals surface area contributed by atoms with E-state index in [4.69, 9.17) is 11.6 Å². The van der Waals surface area contributed by atoms with Crippen molar-refractivity contribution in [3.8, 4) is 0 Å². The van der Waals surface area contributed by atoms with E-state index >= 15 is 0 Å². The van der Waals surface area contributed by atoms with Crippen molar-refractivity contribution in [2.24, 2.45) is 5.41 Å². The minimum absolute atomic E-state index is 0.0715. The summed E-state index contributed by atoms with van der Waals surface area (Å²) in [6.07, 6.45) is 0. The van der Waals surface area contributed by atoms with Crippen molar-refractivity contribution in [1.82, 2.24) is 0 Å². The number of carbonyl (C=O) groups is 2. The molecule has 0 unspecified atom stereocenters. The van der Waals surface area contributed by atoms with Crippen molar-refractivity contribution in [3.63, 3.8) is 0 Å². The standard InChI is InChI=1S/C22H25ClN2O2S/c1-14-9-15(2)11-18(10-14)25-19(26)12-28-20(25)16-5-7-17(8-6-16)24-21(27)22(3,4)13-23/h5-11,20H,12-13H2,1-4H3,(H,24,27)/t20-/m1/s1. The maximum Gasteiger partial charge on any atom is 0.238 e. The maximum atomic E-state index is 12.6. The first-order chi connectivity index (χ1) is 13.2. The first-order valence-electron chi connectivity index (χ1n) is 9.20. The van der Waals surface area contributed by atoms with Gasteiger partial charge in [0, 0.05) is 17.3 Å². The molecule has 0 aromatic heterocycles. The Kier molecular flexibility index (Phi) is 6.06. The zero-order chi connectivity index (χ0) is 20.5. The predicted molar refractivity (Wildman–Crippen MR) is 118 cm³/mol. The summed E-state index contributed by atoms with van der Waals surface area (Å²) in [5.74, 6) is 0.710. The largest absolute Gasteiger partial charge is 0.326 e. The molecule has 2 aromatic rings. The summed E-state index contributed by atoms with van der Waals surface area (Å²) in [5.41, 5.74) is 4.33. The number of hydrogen-bond acceptors (Lipinski definition) is 3. The normalized spacial score (nSPS) is 17.1. The minimum atomic E-state index is -0.631. The lowest BCUT2D eigenvalue weighted by Crippen LogP contribution is -2.32. The molecule has 0 saturated carbocycles. The smallest absolute Gasteiger partial charge is 0.238 e. The highest BCUT2D eigenvalue weighted by atomic mass is 35.5. The van der Waals surface area contributed by atoms with Crippen LogP contribution in [0.3, 0.4) is 0 Å². The molecule has 1 heterocycles. The average molecular weight is 417 g/mol. The first kappa shape index (κ1) is 20.7. The van der Waals surface area contributed by atoms with Gasteiger partial charge in [-0.2, -0.15) is 0 Å². The number of carbonyl (C=O) groups excluding carboxylic acids is 2. The molecule has 1 N–H and O–H groups in total. The van der Waals surface area contributed by atoms with E-state index < -0.39 is 5.41 Å². The molecular weight excluding hydrogens is 392 g/mol. The van der Waals surface area contributed by atoms with Crippen LogP contribution in [0, 0.1) is 19.3 Å². The van der Waals surface area contributed by atoms with Crippen LogP contribution in [0.5, 0.6) is 0 Å². The number of alkyl halides is 1. The third-order valence-electron chi connectivity index (χ3n) is 4.75. The summed E-state index contributed by atoms with van der Waals surface area (Å²) in [6, 6.07) is 13.9. The second-order valence-corrected chi connectivity index (χ2v) is 9.20. The fraction of sp³-hybridized carbons (Fsp3) is 0.364. The Morgan fingerprint density at radius 3 is 2.36 bits per heavy atom. The van der Waals surface area contributed by atoms with Crippen LogP contribution in [0.4, 0.5) is 11.4 Å². The van der Waals surface area contributed by atoms with Crippen LogP contribution in [-0.2, 0) is 9.59 Å². The van der Waals surface area contributed by atoms with Gasteiger partial charge >= 0.3 is 0 Å². The van der Waals surface area contributed by atoms with Gasteiger partial charge in [0.2, 0.25) is 11.8 Å². The van der Waals surface area contributed by atoms with Gasteiger partial charge in [0.15, 0.2) is 0 Å². The number of benzene rings is 2. The van der Waals surface area contributed by atoms with Gasteiger partial charge in [-0.15, -0.1) is 23.4 Å². The summed E-state index contributed by atoms with van der Waals surface area (Å²) in [5, 5.41) is 2.84. The lowest BCUT2D eigenvalue weighted by Gasteiger charge is -2.25. The average Bonchev–Trinajstić information content (AvgIpc) is 3.03. The van der Waals surface area contributed by atoms with Crippen molar-refractivity contribution in [2.45, 2.75) is 33.1 Å². The van der Waals surface area contributed by atoms with Crippen LogP contribution in [0.2, 0.25) is 0 Å². The summed E-state index contributed by atoms with van der Waals surface area (Å²) >= 11 is 7.49. The highest BCUT2D eigenvalue weighted by Crippen LogP contribution is 2.42. The van der Waals surface area contributed by atoms with Crippen LogP contribution in [0.1, 0.15) is 35.9 Å². The molecule has 2 aromatic carbocycles. The monoisotopic (exact) mass is 416 g/mol. The van der Waals surface area contributed by atoms with E-state index in [-0.39, 0.29) is 23.1 Å². The molecule has 0 radical (unpaired) electrons. The molecule has 0 aliphatic carbocycles. The van der Waals surface area contributed by atoms with E-state index in [1.807, 2.05) is 69.0 Å². The van der Waals surface area contributed by atoms with Crippen LogP contribution in [-0.4, -0.2) is 23.4 Å². The topological polar surface area (TPSA) is 49.4 Å². The number of rotatable bonds is 5. The van der Waals surface area contributed by atoms with E-state index in [0.717, 1.165) is 28.1 Å². The number of nitrogens with one attached hydrogen (secondary N) is 1. The van der Waals surface area contributed by atoms with Gasteiger partial charge in [0.05, 0.1) is 11.2 Å². The zero-order valence-corrected chi connectivity index (χ0v) is 18.2. The Hall–Kier alpha value is -1.98. The molecule has 3 rings (SSSR count). The van der Waals surface area contributed by atoms with E-state index in [9.17, 15) is 9.59 Å². The molecule has 1 fully saturated rings. The lowest BCUT2D eigenvalue weighted by molar-refractivity contribution is -0.123. The highest BCUT2D eigenvalue weighted by molar-refractivity contribution is 8.00. The molecule has 28 heavy (non-hydrogen) atoms. The van der Waals surface area contributed by atoms with Crippen LogP contribution in [0.15, 0.2) is 42.5 Å². The third-order valence-corrected chi connectivity index (χ3v) is 6.64. The van der Waals surface area contributed by atoms with Gasteiger partial charge in [-0.05, 0) is 68.7 Å². The van der Waals surface area contributed by atoms with E-state index in [2.05, 4.69) is 11.4 Å². The Labute approximate surface area is 175 Å². The quantitative estimate of drug-likeness (QED) is 0.674. The molecule has 1 aliphatic rings. The number of anilines is 2. The Morgan fingerprint density at radius 1 is 1.18 bits per heavy atom. The maximum absolute atomic E-state index is 12.6.